The molecule has 0 amide bonds. The molecule has 186 valence electrons. The summed E-state index contributed by atoms with van der Waals surface area (Å²) in [6.07, 6.45) is -12.3. The maximum atomic E-state index is 13.7. The van der Waals surface area contributed by atoms with Gasteiger partial charge in [-0.25, -0.2) is 0 Å². The van der Waals surface area contributed by atoms with Gasteiger partial charge in [0.15, 0.2) is 6.29 Å². The molecule has 0 unspecified atom stereocenters. The first-order valence-corrected chi connectivity index (χ1v) is 7.28. The Bertz CT molecular complexity index is 667. The van der Waals surface area contributed by atoms with Gasteiger partial charge in [-0.3, -0.25) is 0 Å². The van der Waals surface area contributed by atoms with Crippen LogP contribution in [0.2, 0.25) is 0 Å². The van der Waals surface area contributed by atoms with E-state index in [0.717, 1.165) is 0 Å². The Balaban J connectivity index is 3.61. The molecule has 0 saturated carbocycles. The van der Waals surface area contributed by atoms with Crippen LogP contribution in [0.3, 0.4) is 0 Å². The zero-order chi connectivity index (χ0) is 25.3. The molecular formula is C12H7F17O2. The third-order valence-electron chi connectivity index (χ3n) is 4.27. The molecule has 0 aromatic heterocycles. The second-order valence-electron chi connectivity index (χ2n) is 6.22. The van der Waals surface area contributed by atoms with Crippen molar-refractivity contribution in [3.05, 3.63) is 0 Å². The maximum Gasteiger partial charge on any atom is 0.460 e. The average molecular weight is 506 g/mol. The van der Waals surface area contributed by atoms with E-state index in [1.54, 1.807) is 0 Å². The Kier molecular flexibility index (Phi) is 6.37. The number of hydrogen-bond acceptors (Lipinski definition) is 2. The van der Waals surface area contributed by atoms with Crippen LogP contribution in [0.4, 0.5) is 74.6 Å². The monoisotopic (exact) mass is 506 g/mol. The summed E-state index contributed by atoms with van der Waals surface area (Å²) in [5.41, 5.74) is 0. The molecule has 1 N–H and O–H groups in total. The highest BCUT2D eigenvalue weighted by Gasteiger charge is 2.95. The zero-order valence-corrected chi connectivity index (χ0v) is 13.8. The Labute approximate surface area is 158 Å². The summed E-state index contributed by atoms with van der Waals surface area (Å²) in [6, 6.07) is 0. The minimum atomic E-state index is -8.66. The first kappa shape index (κ1) is 27.8. The molecule has 0 radical (unpaired) electrons. The summed E-state index contributed by atoms with van der Waals surface area (Å²) in [5, 5.41) is 8.88. The molecule has 0 aromatic rings. The summed E-state index contributed by atoms with van der Waals surface area (Å²) in [7, 11) is 0. The van der Waals surface area contributed by atoms with Crippen LogP contribution in [0.1, 0.15) is 6.42 Å². The second-order valence-corrected chi connectivity index (χ2v) is 6.22. The van der Waals surface area contributed by atoms with Crippen LogP contribution in [0.5, 0.6) is 0 Å². The molecule has 31 heavy (non-hydrogen) atoms. The summed E-state index contributed by atoms with van der Waals surface area (Å²) < 4.78 is 226. The maximum absolute atomic E-state index is 13.7. The summed E-state index contributed by atoms with van der Waals surface area (Å²) in [4.78, 5) is 0. The van der Waals surface area contributed by atoms with Gasteiger partial charge in [-0.15, -0.1) is 0 Å². The lowest BCUT2D eigenvalue weighted by Crippen LogP contribution is -2.75. The molecule has 1 heterocycles. The quantitative estimate of drug-likeness (QED) is 0.472. The predicted octanol–water partition coefficient (Wildman–Crippen LogP) is 5.35. The predicted molar refractivity (Wildman–Crippen MR) is 60.7 cm³/mol. The fraction of sp³-hybridized carbons (Fsp3) is 1.00. The SMILES string of the molecule is O[C@@H]1OCC[C@@H]1C(F)(F)C(F)(F)C(F)(F)C(F)(F)C(F)(F)C(F)(F)C(F)(F)C(F)(F)F. The molecule has 0 aliphatic carbocycles. The van der Waals surface area contributed by atoms with E-state index in [1.165, 1.54) is 0 Å². The van der Waals surface area contributed by atoms with Crippen molar-refractivity contribution in [1.82, 2.24) is 0 Å². The van der Waals surface area contributed by atoms with Crippen molar-refractivity contribution in [1.29, 1.82) is 0 Å². The molecular weight excluding hydrogens is 499 g/mol. The molecule has 1 aliphatic rings. The summed E-state index contributed by atoms with van der Waals surface area (Å²) in [5.74, 6) is -60.3. The molecule has 0 bridgehead atoms. The molecule has 1 aliphatic heterocycles. The normalized spacial score (nSPS) is 23.4. The van der Waals surface area contributed by atoms with Gasteiger partial charge in [0.2, 0.25) is 0 Å². The van der Waals surface area contributed by atoms with Crippen molar-refractivity contribution >= 4 is 0 Å². The fourth-order valence-corrected chi connectivity index (χ4v) is 2.34. The molecule has 0 spiro atoms. The molecule has 1 saturated heterocycles. The summed E-state index contributed by atoms with van der Waals surface area (Å²) >= 11 is 0. The number of ether oxygens (including phenoxy) is 1. The molecule has 1 rings (SSSR count). The smallest absolute Gasteiger partial charge is 0.367 e. The van der Waals surface area contributed by atoms with Gasteiger partial charge in [-0.05, 0) is 6.42 Å². The van der Waals surface area contributed by atoms with Crippen molar-refractivity contribution in [3.63, 3.8) is 0 Å². The minimum Gasteiger partial charge on any atom is -0.367 e. The van der Waals surface area contributed by atoms with E-state index in [0.29, 0.717) is 0 Å². The number of hydrogen-bond donors (Lipinski definition) is 1. The Morgan fingerprint density at radius 3 is 1.13 bits per heavy atom. The van der Waals surface area contributed by atoms with Crippen LogP contribution in [-0.2, 0) is 4.74 Å². The van der Waals surface area contributed by atoms with Gasteiger partial charge in [0.25, 0.3) is 0 Å². The standard InChI is InChI=1S/C12H7F17O2/c13-5(14,3-1-2-31-4(3)30)6(15,16)7(17,18)8(19,20)9(21,22)10(23,24)11(25,26)12(27,28)29/h3-4,30H,1-2H2/t3-,4+/m0/s1. The Hall–Kier alpha value is -1.27. The van der Waals surface area contributed by atoms with Crippen LogP contribution < -0.4 is 0 Å². The first-order valence-electron chi connectivity index (χ1n) is 7.28. The Morgan fingerprint density at radius 1 is 0.516 bits per heavy atom. The molecule has 2 atom stereocenters. The lowest BCUT2D eigenvalue weighted by molar-refractivity contribution is -0.464. The van der Waals surface area contributed by atoms with Crippen molar-refractivity contribution in [2.45, 2.75) is 60.3 Å². The van der Waals surface area contributed by atoms with Crippen LogP contribution in [0, 0.1) is 5.92 Å². The van der Waals surface area contributed by atoms with Crippen LogP contribution in [0.15, 0.2) is 0 Å². The van der Waals surface area contributed by atoms with Crippen LogP contribution in [-0.4, -0.2) is 65.6 Å². The van der Waals surface area contributed by atoms with Gasteiger partial charge < -0.3 is 9.84 Å². The highest BCUT2D eigenvalue weighted by atomic mass is 19.4. The van der Waals surface area contributed by atoms with E-state index in [-0.39, 0.29) is 0 Å². The minimum absolute atomic E-state index is 1.08. The van der Waals surface area contributed by atoms with Gasteiger partial charge in [0.05, 0.1) is 12.5 Å². The fourth-order valence-electron chi connectivity index (χ4n) is 2.34. The van der Waals surface area contributed by atoms with Crippen molar-refractivity contribution in [2.75, 3.05) is 6.61 Å². The van der Waals surface area contributed by atoms with Gasteiger partial charge in [-0.2, -0.15) is 74.6 Å². The Morgan fingerprint density at radius 2 is 0.839 bits per heavy atom. The third-order valence-corrected chi connectivity index (χ3v) is 4.27. The van der Waals surface area contributed by atoms with Gasteiger partial charge >= 0.3 is 47.6 Å². The number of alkyl halides is 17. The van der Waals surface area contributed by atoms with Crippen molar-refractivity contribution < 1.29 is 84.5 Å². The van der Waals surface area contributed by atoms with Crippen molar-refractivity contribution in [2.24, 2.45) is 5.92 Å². The molecule has 2 nitrogen and oxygen atoms in total. The first-order chi connectivity index (χ1) is 13.3. The molecule has 1 fully saturated rings. The van der Waals surface area contributed by atoms with E-state index in [1.807, 2.05) is 0 Å². The largest absolute Gasteiger partial charge is 0.460 e. The van der Waals surface area contributed by atoms with Gasteiger partial charge in [-0.1, -0.05) is 0 Å². The molecule has 0 aromatic carbocycles. The summed E-state index contributed by atoms with van der Waals surface area (Å²) in [6.45, 7) is -1.08. The second kappa shape index (κ2) is 7.11. The lowest BCUT2D eigenvalue weighted by Gasteiger charge is -2.43. The highest BCUT2D eigenvalue weighted by molar-refractivity contribution is 5.16. The van der Waals surface area contributed by atoms with Gasteiger partial charge in [0, 0.05) is 0 Å². The number of aliphatic hydroxyl groups excluding tert-OH is 1. The van der Waals surface area contributed by atoms with E-state index >= 15 is 0 Å². The van der Waals surface area contributed by atoms with Crippen LogP contribution in [0.25, 0.3) is 0 Å². The van der Waals surface area contributed by atoms with E-state index in [2.05, 4.69) is 4.74 Å². The van der Waals surface area contributed by atoms with Crippen LogP contribution >= 0.6 is 0 Å². The van der Waals surface area contributed by atoms with E-state index < -0.39 is 72.9 Å². The van der Waals surface area contributed by atoms with E-state index in [4.69, 9.17) is 5.11 Å². The number of halogens is 17. The molecule has 19 heteroatoms. The highest BCUT2D eigenvalue weighted by Crippen LogP contribution is 2.64. The van der Waals surface area contributed by atoms with Gasteiger partial charge in [0.1, 0.15) is 0 Å². The lowest BCUT2D eigenvalue weighted by atomic mass is 9.84. The number of rotatable bonds is 7. The topological polar surface area (TPSA) is 29.5 Å². The third kappa shape index (κ3) is 3.40. The number of aliphatic hydroxyl groups is 1. The van der Waals surface area contributed by atoms with Crippen molar-refractivity contribution in [3.8, 4) is 0 Å². The zero-order valence-electron chi connectivity index (χ0n) is 13.8. The average Bonchev–Trinajstić information content (AvgIpc) is 2.99. The van der Waals surface area contributed by atoms with E-state index in [9.17, 15) is 74.6 Å².